The molecule has 2 heterocycles. The Bertz CT molecular complexity index is 752. The number of para-hydroxylation sites is 1. The molecule has 25 heavy (non-hydrogen) atoms. The molecule has 3 rings (SSSR count). The first-order chi connectivity index (χ1) is 11.9. The maximum atomic E-state index is 12.7. The number of rotatable bonds is 4. The molecule has 1 amide bonds. The van der Waals surface area contributed by atoms with Crippen LogP contribution < -0.4 is 0 Å². The van der Waals surface area contributed by atoms with Crippen LogP contribution in [0.3, 0.4) is 0 Å². The molecule has 1 saturated heterocycles. The van der Waals surface area contributed by atoms with E-state index in [1.807, 2.05) is 29.2 Å². The smallest absolute Gasteiger partial charge is 0.233 e. The van der Waals surface area contributed by atoms with E-state index in [9.17, 15) is 4.79 Å². The van der Waals surface area contributed by atoms with Crippen molar-refractivity contribution in [1.82, 2.24) is 14.9 Å². The maximum absolute atomic E-state index is 12.7. The van der Waals surface area contributed by atoms with Crippen LogP contribution in [0, 0.1) is 11.8 Å². The van der Waals surface area contributed by atoms with Crippen molar-refractivity contribution in [2.24, 2.45) is 11.8 Å². The molecule has 0 spiro atoms. The van der Waals surface area contributed by atoms with Crippen LogP contribution in [-0.2, 0) is 4.79 Å². The van der Waals surface area contributed by atoms with E-state index in [0.717, 1.165) is 34.8 Å². The molecule has 1 fully saturated rings. The first kappa shape index (κ1) is 18.2. The Labute approximate surface area is 154 Å². The molecule has 2 aromatic rings. The van der Waals surface area contributed by atoms with Crippen LogP contribution in [0.4, 0.5) is 0 Å². The lowest BCUT2D eigenvalue weighted by Gasteiger charge is -2.35. The van der Waals surface area contributed by atoms with Gasteiger partial charge in [0.05, 0.1) is 11.3 Å². The molecule has 5 heteroatoms. The van der Waals surface area contributed by atoms with Gasteiger partial charge in [-0.2, -0.15) is 0 Å². The Kier molecular flexibility index (Phi) is 5.62. The second-order valence-electron chi connectivity index (χ2n) is 7.59. The summed E-state index contributed by atoms with van der Waals surface area (Å²) < 4.78 is 0. The third-order valence-electron chi connectivity index (χ3n) is 4.66. The van der Waals surface area contributed by atoms with Crippen LogP contribution in [0.25, 0.3) is 10.9 Å². The summed E-state index contributed by atoms with van der Waals surface area (Å²) in [6, 6.07) is 8.05. The highest BCUT2D eigenvalue weighted by Crippen LogP contribution is 2.28. The number of amides is 1. The second kappa shape index (κ2) is 7.73. The Morgan fingerprint density at radius 2 is 1.88 bits per heavy atom. The van der Waals surface area contributed by atoms with Crippen molar-refractivity contribution in [3.05, 3.63) is 30.1 Å². The molecular weight excluding hydrogens is 330 g/mol. The Morgan fingerprint density at radius 3 is 2.56 bits per heavy atom. The van der Waals surface area contributed by atoms with E-state index in [-0.39, 0.29) is 11.8 Å². The minimum Gasteiger partial charge on any atom is -0.341 e. The van der Waals surface area contributed by atoms with Crippen LogP contribution in [-0.4, -0.2) is 39.6 Å². The molecule has 1 aliphatic heterocycles. The van der Waals surface area contributed by atoms with Gasteiger partial charge in [-0.15, -0.1) is 0 Å². The van der Waals surface area contributed by atoms with Gasteiger partial charge in [0, 0.05) is 24.4 Å². The number of piperidine rings is 1. The van der Waals surface area contributed by atoms with Crippen LogP contribution in [0.15, 0.2) is 29.3 Å². The molecule has 0 radical (unpaired) electrons. The number of carbonyl (C=O) groups excluding carboxylic acids is 1. The first-order valence-electron chi connectivity index (χ1n) is 9.11. The summed E-state index contributed by atoms with van der Waals surface area (Å²) >= 11 is 1.54. The minimum atomic E-state index is 0.220. The van der Waals surface area contributed by atoms with Crippen LogP contribution in [0.1, 0.15) is 45.9 Å². The van der Waals surface area contributed by atoms with Crippen molar-refractivity contribution < 1.29 is 4.79 Å². The summed E-state index contributed by atoms with van der Waals surface area (Å²) in [5, 5.41) is 1.95. The number of aromatic nitrogens is 2. The first-order valence-corrected chi connectivity index (χ1v) is 10.1. The lowest BCUT2D eigenvalue weighted by Crippen LogP contribution is -2.43. The number of hydrogen-bond acceptors (Lipinski definition) is 4. The van der Waals surface area contributed by atoms with Gasteiger partial charge in [0.2, 0.25) is 5.91 Å². The van der Waals surface area contributed by atoms with E-state index < -0.39 is 0 Å². The number of fused-ring (bicyclic) bond motifs is 1. The number of hydrogen-bond donors (Lipinski definition) is 0. The second-order valence-corrected chi connectivity index (χ2v) is 8.56. The lowest BCUT2D eigenvalue weighted by molar-refractivity contribution is -0.130. The quantitative estimate of drug-likeness (QED) is 0.603. The highest BCUT2D eigenvalue weighted by molar-refractivity contribution is 8.00. The van der Waals surface area contributed by atoms with Crippen molar-refractivity contribution in [2.45, 2.75) is 45.1 Å². The standard InChI is InChI=1S/C20H27N3OS/c1-13(2)19-21-17-8-6-5-7-16(17)20(22-19)25-12-18(24)23-10-14(3)9-15(4)11-23/h5-8,13-15H,9-12H2,1-4H3/t14-,15-/m0/s1. The van der Waals surface area contributed by atoms with Crippen molar-refractivity contribution in [2.75, 3.05) is 18.8 Å². The number of benzene rings is 1. The SMILES string of the molecule is CC(C)c1nc(SCC(=O)N2C[C@@H](C)C[C@H](C)C2)c2ccccc2n1. The molecular formula is C20H27N3OS. The van der Waals surface area contributed by atoms with Gasteiger partial charge in [-0.1, -0.05) is 57.7 Å². The minimum absolute atomic E-state index is 0.220. The Hall–Kier alpha value is -1.62. The third-order valence-corrected chi connectivity index (χ3v) is 5.63. The highest BCUT2D eigenvalue weighted by atomic mass is 32.2. The average Bonchev–Trinajstić information content (AvgIpc) is 2.58. The van der Waals surface area contributed by atoms with Gasteiger partial charge in [-0.05, 0) is 24.3 Å². The highest BCUT2D eigenvalue weighted by Gasteiger charge is 2.25. The lowest BCUT2D eigenvalue weighted by atomic mass is 9.92. The zero-order valence-corrected chi connectivity index (χ0v) is 16.3. The maximum Gasteiger partial charge on any atom is 0.233 e. The molecule has 2 atom stereocenters. The molecule has 1 aliphatic rings. The fourth-order valence-electron chi connectivity index (χ4n) is 3.52. The van der Waals surface area contributed by atoms with Crippen molar-refractivity contribution in [1.29, 1.82) is 0 Å². The summed E-state index contributed by atoms with van der Waals surface area (Å²) in [6.45, 7) is 10.4. The molecule has 134 valence electrons. The van der Waals surface area contributed by atoms with Gasteiger partial charge < -0.3 is 4.90 Å². The summed E-state index contributed by atoms with van der Waals surface area (Å²) in [4.78, 5) is 24.1. The van der Waals surface area contributed by atoms with E-state index >= 15 is 0 Å². The van der Waals surface area contributed by atoms with E-state index in [1.165, 1.54) is 6.42 Å². The zero-order valence-electron chi connectivity index (χ0n) is 15.5. The largest absolute Gasteiger partial charge is 0.341 e. The zero-order chi connectivity index (χ0) is 18.0. The van der Waals surface area contributed by atoms with Crippen molar-refractivity contribution >= 4 is 28.6 Å². The molecule has 0 unspecified atom stereocenters. The predicted molar refractivity (Wildman–Crippen MR) is 104 cm³/mol. The molecule has 0 aliphatic carbocycles. The molecule has 1 aromatic heterocycles. The van der Waals surface area contributed by atoms with Crippen LogP contribution >= 0.6 is 11.8 Å². The van der Waals surface area contributed by atoms with Crippen LogP contribution in [0.2, 0.25) is 0 Å². The van der Waals surface area contributed by atoms with Crippen molar-refractivity contribution in [3.63, 3.8) is 0 Å². The van der Waals surface area contributed by atoms with Gasteiger partial charge in [0.25, 0.3) is 0 Å². The van der Waals surface area contributed by atoms with Gasteiger partial charge in [0.1, 0.15) is 10.9 Å². The summed E-state index contributed by atoms with van der Waals surface area (Å²) in [5.41, 5.74) is 0.955. The Balaban J connectivity index is 1.77. The molecule has 4 nitrogen and oxygen atoms in total. The molecule has 0 N–H and O–H groups in total. The van der Waals surface area contributed by atoms with Gasteiger partial charge in [-0.25, -0.2) is 9.97 Å². The number of likely N-dealkylation sites (tertiary alicyclic amines) is 1. The fraction of sp³-hybridized carbons (Fsp3) is 0.550. The average molecular weight is 358 g/mol. The molecule has 0 saturated carbocycles. The number of nitrogens with zero attached hydrogens (tertiary/aromatic N) is 3. The van der Waals surface area contributed by atoms with E-state index in [4.69, 9.17) is 4.98 Å². The number of thioether (sulfide) groups is 1. The van der Waals surface area contributed by atoms with E-state index in [0.29, 0.717) is 17.6 Å². The predicted octanol–water partition coefficient (Wildman–Crippen LogP) is 4.35. The van der Waals surface area contributed by atoms with Gasteiger partial charge in [0.15, 0.2) is 0 Å². The summed E-state index contributed by atoms with van der Waals surface area (Å²) in [5.74, 6) is 2.95. The topological polar surface area (TPSA) is 46.1 Å². The third kappa shape index (κ3) is 4.32. The Morgan fingerprint density at radius 1 is 1.20 bits per heavy atom. The van der Waals surface area contributed by atoms with Gasteiger partial charge in [-0.3, -0.25) is 4.79 Å². The van der Waals surface area contributed by atoms with Crippen LogP contribution in [0.5, 0.6) is 0 Å². The van der Waals surface area contributed by atoms with E-state index in [1.54, 1.807) is 11.8 Å². The van der Waals surface area contributed by atoms with Crippen molar-refractivity contribution in [3.8, 4) is 0 Å². The summed E-state index contributed by atoms with van der Waals surface area (Å²) in [7, 11) is 0. The van der Waals surface area contributed by atoms with Gasteiger partial charge >= 0.3 is 0 Å². The van der Waals surface area contributed by atoms with E-state index in [2.05, 4.69) is 32.7 Å². The monoisotopic (exact) mass is 357 g/mol. The normalized spacial score (nSPS) is 21.1. The molecule has 0 bridgehead atoms. The fourth-order valence-corrected chi connectivity index (χ4v) is 4.45. The number of carbonyl (C=O) groups is 1. The summed E-state index contributed by atoms with van der Waals surface area (Å²) in [6.07, 6.45) is 1.21. The molecule has 1 aromatic carbocycles.